The van der Waals surface area contributed by atoms with Gasteiger partial charge in [0, 0.05) is 10.6 Å². The van der Waals surface area contributed by atoms with Crippen molar-refractivity contribution in [1.29, 1.82) is 0 Å². The molecule has 0 radical (unpaired) electrons. The lowest BCUT2D eigenvalue weighted by Crippen LogP contribution is -2.15. The van der Waals surface area contributed by atoms with Crippen molar-refractivity contribution >= 4 is 17.6 Å². The lowest BCUT2D eigenvalue weighted by atomic mass is 9.94. The molecule has 0 heterocycles. The van der Waals surface area contributed by atoms with Gasteiger partial charge in [0.15, 0.2) is 0 Å². The summed E-state index contributed by atoms with van der Waals surface area (Å²) in [5.74, 6) is -2.60. The lowest BCUT2D eigenvalue weighted by molar-refractivity contribution is -0.139. The number of nitrogens with two attached hydrogens (primary N) is 1. The maximum atomic E-state index is 13.5. The standard InChI is InChI=1S/C11H13ClFNO2/c12-8-4-1-5-9(13)10(8)7(11(15)16)3-2-6-14/h1,4-5,7H,2-3,6,14H2,(H,15,16). The lowest BCUT2D eigenvalue weighted by Gasteiger charge is -2.14. The van der Waals surface area contributed by atoms with Gasteiger partial charge in [0.1, 0.15) is 5.82 Å². The van der Waals surface area contributed by atoms with Crippen molar-refractivity contribution in [1.82, 2.24) is 0 Å². The van der Waals surface area contributed by atoms with Crippen molar-refractivity contribution in [2.75, 3.05) is 6.54 Å². The first-order valence-corrected chi connectivity index (χ1v) is 5.32. The van der Waals surface area contributed by atoms with Crippen LogP contribution in [0.5, 0.6) is 0 Å². The van der Waals surface area contributed by atoms with Gasteiger partial charge in [-0.25, -0.2) is 4.39 Å². The van der Waals surface area contributed by atoms with Gasteiger partial charge >= 0.3 is 5.97 Å². The van der Waals surface area contributed by atoms with E-state index in [2.05, 4.69) is 0 Å². The smallest absolute Gasteiger partial charge is 0.311 e. The first-order chi connectivity index (χ1) is 7.57. The summed E-state index contributed by atoms with van der Waals surface area (Å²) in [4.78, 5) is 11.0. The van der Waals surface area contributed by atoms with Crippen LogP contribution < -0.4 is 5.73 Å². The van der Waals surface area contributed by atoms with Gasteiger partial charge < -0.3 is 10.8 Å². The predicted molar refractivity (Wildman–Crippen MR) is 60.1 cm³/mol. The van der Waals surface area contributed by atoms with E-state index in [1.165, 1.54) is 18.2 Å². The SMILES string of the molecule is NCCCC(C(=O)O)c1c(F)cccc1Cl. The molecule has 0 aliphatic heterocycles. The first-order valence-electron chi connectivity index (χ1n) is 4.94. The van der Waals surface area contributed by atoms with Gasteiger partial charge in [-0.05, 0) is 31.5 Å². The van der Waals surface area contributed by atoms with E-state index in [4.69, 9.17) is 22.4 Å². The van der Waals surface area contributed by atoms with Crippen LogP contribution in [-0.4, -0.2) is 17.6 Å². The van der Waals surface area contributed by atoms with E-state index in [1.807, 2.05) is 0 Å². The fourth-order valence-corrected chi connectivity index (χ4v) is 1.85. The number of carbonyl (C=O) groups is 1. The van der Waals surface area contributed by atoms with Crippen molar-refractivity contribution in [2.24, 2.45) is 5.73 Å². The van der Waals surface area contributed by atoms with Crippen LogP contribution in [0.1, 0.15) is 24.3 Å². The van der Waals surface area contributed by atoms with E-state index in [-0.39, 0.29) is 17.0 Å². The molecule has 0 amide bonds. The fourth-order valence-electron chi connectivity index (χ4n) is 1.56. The number of hydrogen-bond donors (Lipinski definition) is 2. The molecule has 16 heavy (non-hydrogen) atoms. The fraction of sp³-hybridized carbons (Fsp3) is 0.364. The van der Waals surface area contributed by atoms with E-state index in [9.17, 15) is 9.18 Å². The maximum Gasteiger partial charge on any atom is 0.311 e. The van der Waals surface area contributed by atoms with Crippen molar-refractivity contribution in [2.45, 2.75) is 18.8 Å². The third kappa shape index (κ3) is 2.93. The average Bonchev–Trinajstić information content (AvgIpc) is 2.21. The average molecular weight is 246 g/mol. The van der Waals surface area contributed by atoms with E-state index in [0.29, 0.717) is 13.0 Å². The Bertz CT molecular complexity index is 364. The number of carboxylic acids is 1. The van der Waals surface area contributed by atoms with Gasteiger partial charge in [-0.2, -0.15) is 0 Å². The summed E-state index contributed by atoms with van der Waals surface area (Å²) in [5.41, 5.74) is 5.36. The van der Waals surface area contributed by atoms with Crippen LogP contribution in [0.4, 0.5) is 4.39 Å². The van der Waals surface area contributed by atoms with Crippen molar-refractivity contribution in [3.05, 3.63) is 34.6 Å². The molecular weight excluding hydrogens is 233 g/mol. The molecule has 5 heteroatoms. The molecule has 0 aliphatic carbocycles. The van der Waals surface area contributed by atoms with E-state index >= 15 is 0 Å². The molecular formula is C11H13ClFNO2. The summed E-state index contributed by atoms with van der Waals surface area (Å²) in [6.45, 7) is 0.371. The molecule has 0 bridgehead atoms. The predicted octanol–water partition coefficient (Wildman–Crippen LogP) is 2.39. The summed E-state index contributed by atoms with van der Waals surface area (Å²) in [6, 6.07) is 4.14. The number of benzene rings is 1. The molecule has 3 nitrogen and oxygen atoms in total. The number of hydrogen-bond acceptors (Lipinski definition) is 2. The molecule has 0 fully saturated rings. The Hall–Kier alpha value is -1.13. The highest BCUT2D eigenvalue weighted by Crippen LogP contribution is 2.30. The summed E-state index contributed by atoms with van der Waals surface area (Å²) < 4.78 is 13.5. The molecule has 1 aromatic carbocycles. The van der Waals surface area contributed by atoms with Crippen molar-refractivity contribution in [3.8, 4) is 0 Å². The van der Waals surface area contributed by atoms with E-state index in [0.717, 1.165) is 0 Å². The zero-order valence-electron chi connectivity index (χ0n) is 8.62. The van der Waals surface area contributed by atoms with Gasteiger partial charge in [-0.15, -0.1) is 0 Å². The van der Waals surface area contributed by atoms with E-state index in [1.54, 1.807) is 0 Å². The summed E-state index contributed by atoms with van der Waals surface area (Å²) >= 11 is 5.81. The van der Waals surface area contributed by atoms with Crippen molar-refractivity contribution < 1.29 is 14.3 Å². The molecule has 1 unspecified atom stereocenters. The van der Waals surface area contributed by atoms with Crippen molar-refractivity contribution in [3.63, 3.8) is 0 Å². The van der Waals surface area contributed by atoms with Gasteiger partial charge in [0.05, 0.1) is 5.92 Å². The molecule has 1 aromatic rings. The quantitative estimate of drug-likeness (QED) is 0.837. The highest BCUT2D eigenvalue weighted by Gasteiger charge is 2.24. The highest BCUT2D eigenvalue weighted by atomic mass is 35.5. The minimum absolute atomic E-state index is 0.0464. The molecule has 88 valence electrons. The number of carboxylic acid groups (broad SMARTS) is 1. The molecule has 0 spiro atoms. The van der Waals surface area contributed by atoms with Crippen LogP contribution in [0.2, 0.25) is 5.02 Å². The Morgan fingerprint density at radius 3 is 2.75 bits per heavy atom. The summed E-state index contributed by atoms with van der Waals surface area (Å²) in [6.07, 6.45) is 0.800. The molecule has 0 aliphatic rings. The zero-order valence-corrected chi connectivity index (χ0v) is 9.38. The molecule has 1 rings (SSSR count). The number of rotatable bonds is 5. The maximum absolute atomic E-state index is 13.5. The Morgan fingerprint density at radius 1 is 1.56 bits per heavy atom. The van der Waals surface area contributed by atoms with Crippen LogP contribution in [-0.2, 0) is 4.79 Å². The van der Waals surface area contributed by atoms with Gasteiger partial charge in [0.2, 0.25) is 0 Å². The Morgan fingerprint density at radius 2 is 2.25 bits per heavy atom. The van der Waals surface area contributed by atoms with Gasteiger partial charge in [0.25, 0.3) is 0 Å². The normalized spacial score (nSPS) is 12.4. The highest BCUT2D eigenvalue weighted by molar-refractivity contribution is 6.31. The Kier molecular flexibility index (Phi) is 4.71. The van der Waals surface area contributed by atoms with Crippen LogP contribution in [0.25, 0.3) is 0 Å². The molecule has 3 N–H and O–H groups in total. The summed E-state index contributed by atoms with van der Waals surface area (Å²) in [5, 5.41) is 9.18. The van der Waals surface area contributed by atoms with Crippen LogP contribution in [0.3, 0.4) is 0 Å². The number of halogens is 2. The minimum atomic E-state index is -1.08. The Labute approximate surface area is 98.0 Å². The molecule has 0 saturated heterocycles. The third-order valence-corrected chi connectivity index (χ3v) is 2.67. The van der Waals surface area contributed by atoms with Gasteiger partial charge in [-0.3, -0.25) is 4.79 Å². The monoisotopic (exact) mass is 245 g/mol. The van der Waals surface area contributed by atoms with Crippen LogP contribution in [0, 0.1) is 5.82 Å². The first kappa shape index (κ1) is 12.9. The second-order valence-corrected chi connectivity index (χ2v) is 3.86. The number of aliphatic carboxylic acids is 1. The molecule has 0 saturated carbocycles. The summed E-state index contributed by atoms with van der Waals surface area (Å²) in [7, 11) is 0. The van der Waals surface area contributed by atoms with E-state index < -0.39 is 17.7 Å². The molecule has 1 atom stereocenters. The van der Waals surface area contributed by atoms with Gasteiger partial charge in [-0.1, -0.05) is 17.7 Å². The second-order valence-electron chi connectivity index (χ2n) is 3.46. The van der Waals surface area contributed by atoms with Crippen LogP contribution >= 0.6 is 11.6 Å². The second kappa shape index (κ2) is 5.82. The molecule has 0 aromatic heterocycles. The zero-order chi connectivity index (χ0) is 12.1. The topological polar surface area (TPSA) is 63.3 Å². The van der Waals surface area contributed by atoms with Crippen LogP contribution in [0.15, 0.2) is 18.2 Å². The largest absolute Gasteiger partial charge is 0.481 e. The Balaban J connectivity index is 3.05. The minimum Gasteiger partial charge on any atom is -0.481 e. The third-order valence-electron chi connectivity index (χ3n) is 2.34.